The first-order chi connectivity index (χ1) is 7.51. The minimum atomic E-state index is -1.21. The van der Waals surface area contributed by atoms with E-state index in [1.54, 1.807) is 37.5 Å². The summed E-state index contributed by atoms with van der Waals surface area (Å²) in [6, 6.07) is 5.00. The molecule has 1 atom stereocenters. The van der Waals surface area contributed by atoms with Gasteiger partial charge in [-0.3, -0.25) is 0 Å². The summed E-state index contributed by atoms with van der Waals surface area (Å²) < 4.78 is 0. The number of benzene rings is 1. The van der Waals surface area contributed by atoms with Crippen molar-refractivity contribution in [3.05, 3.63) is 52.0 Å². The molecule has 0 aliphatic carbocycles. The molecule has 1 heterocycles. The Balaban J connectivity index is 2.47. The van der Waals surface area contributed by atoms with E-state index in [9.17, 15) is 5.11 Å². The predicted octanol–water partition coefficient (Wildman–Crippen LogP) is 2.97. The van der Waals surface area contributed by atoms with Crippen LogP contribution in [-0.4, -0.2) is 15.1 Å². The molecule has 0 spiro atoms. The second-order valence-corrected chi connectivity index (χ2v) is 4.45. The highest BCUT2D eigenvalue weighted by molar-refractivity contribution is 6.42. The topological polar surface area (TPSA) is 48.9 Å². The molecule has 2 rings (SSSR count). The number of nitrogens with zero attached hydrogens (tertiary/aromatic N) is 1. The Morgan fingerprint density at radius 2 is 2.06 bits per heavy atom. The number of rotatable bonds is 2. The fraction of sp³-hybridized carbons (Fsp3) is 0.182. The number of aliphatic hydroxyl groups is 1. The van der Waals surface area contributed by atoms with Gasteiger partial charge in [-0.25, -0.2) is 4.98 Å². The van der Waals surface area contributed by atoms with Gasteiger partial charge in [0.2, 0.25) is 0 Å². The molecule has 2 N–H and O–H groups in total. The molecule has 1 aromatic carbocycles. The van der Waals surface area contributed by atoms with E-state index >= 15 is 0 Å². The highest BCUT2D eigenvalue weighted by Gasteiger charge is 2.28. The van der Waals surface area contributed by atoms with Gasteiger partial charge in [0.25, 0.3) is 0 Å². The average molecular weight is 257 g/mol. The van der Waals surface area contributed by atoms with Crippen molar-refractivity contribution >= 4 is 23.2 Å². The SMILES string of the molecule is CC(O)(c1ccc(Cl)c(Cl)c1)c1ncc[nH]1. The highest BCUT2D eigenvalue weighted by atomic mass is 35.5. The molecule has 84 valence electrons. The van der Waals surface area contributed by atoms with Crippen molar-refractivity contribution in [3.8, 4) is 0 Å². The third-order valence-electron chi connectivity index (χ3n) is 2.44. The van der Waals surface area contributed by atoms with Crippen LogP contribution < -0.4 is 0 Å². The maximum Gasteiger partial charge on any atom is 0.144 e. The maximum atomic E-state index is 10.4. The first kappa shape index (κ1) is 11.5. The van der Waals surface area contributed by atoms with Crippen LogP contribution in [0, 0.1) is 0 Å². The number of aromatic nitrogens is 2. The molecule has 3 nitrogen and oxygen atoms in total. The fourth-order valence-electron chi connectivity index (χ4n) is 1.47. The Morgan fingerprint density at radius 1 is 1.31 bits per heavy atom. The zero-order valence-corrected chi connectivity index (χ0v) is 10.0. The van der Waals surface area contributed by atoms with E-state index in [4.69, 9.17) is 23.2 Å². The van der Waals surface area contributed by atoms with Crippen LogP contribution in [-0.2, 0) is 5.60 Å². The molecule has 1 aromatic heterocycles. The molecule has 16 heavy (non-hydrogen) atoms. The van der Waals surface area contributed by atoms with Crippen molar-refractivity contribution < 1.29 is 5.11 Å². The molecule has 0 bridgehead atoms. The van der Waals surface area contributed by atoms with Crippen LogP contribution in [0.4, 0.5) is 0 Å². The molecule has 2 aromatic rings. The fourth-order valence-corrected chi connectivity index (χ4v) is 1.77. The third-order valence-corrected chi connectivity index (χ3v) is 3.18. The van der Waals surface area contributed by atoms with Gasteiger partial charge in [0.05, 0.1) is 10.0 Å². The molecule has 5 heteroatoms. The van der Waals surface area contributed by atoms with Crippen LogP contribution in [0.5, 0.6) is 0 Å². The van der Waals surface area contributed by atoms with Crippen molar-refractivity contribution in [1.29, 1.82) is 0 Å². The van der Waals surface area contributed by atoms with Crippen LogP contribution in [0.2, 0.25) is 10.0 Å². The second-order valence-electron chi connectivity index (χ2n) is 3.64. The lowest BCUT2D eigenvalue weighted by molar-refractivity contribution is 0.0932. The minimum Gasteiger partial charge on any atom is -0.377 e. The van der Waals surface area contributed by atoms with E-state index in [-0.39, 0.29) is 0 Å². The van der Waals surface area contributed by atoms with Gasteiger partial charge in [0.1, 0.15) is 11.4 Å². The number of imidazole rings is 1. The largest absolute Gasteiger partial charge is 0.377 e. The van der Waals surface area contributed by atoms with Crippen LogP contribution in [0.25, 0.3) is 0 Å². The van der Waals surface area contributed by atoms with Crippen molar-refractivity contribution in [2.24, 2.45) is 0 Å². The molecule has 1 unspecified atom stereocenters. The molecular formula is C11H10Cl2N2O. The predicted molar refractivity (Wildman–Crippen MR) is 63.7 cm³/mol. The number of aromatic amines is 1. The number of halogens is 2. The van der Waals surface area contributed by atoms with Crippen molar-refractivity contribution in [1.82, 2.24) is 9.97 Å². The number of H-pyrrole nitrogens is 1. The molecule has 0 aliphatic rings. The maximum absolute atomic E-state index is 10.4. The molecule has 0 saturated carbocycles. The monoisotopic (exact) mass is 256 g/mol. The summed E-state index contributed by atoms with van der Waals surface area (Å²) >= 11 is 11.7. The van der Waals surface area contributed by atoms with E-state index in [0.717, 1.165) is 0 Å². The first-order valence-electron chi connectivity index (χ1n) is 4.69. The van der Waals surface area contributed by atoms with Crippen LogP contribution in [0.1, 0.15) is 18.3 Å². The van der Waals surface area contributed by atoms with Gasteiger partial charge < -0.3 is 10.1 Å². The third kappa shape index (κ3) is 1.94. The van der Waals surface area contributed by atoms with Gasteiger partial charge in [-0.1, -0.05) is 29.3 Å². The summed E-state index contributed by atoms with van der Waals surface area (Å²) in [5.41, 5.74) is -0.575. The minimum absolute atomic E-state index is 0.408. The smallest absolute Gasteiger partial charge is 0.144 e. The van der Waals surface area contributed by atoms with Gasteiger partial charge in [0.15, 0.2) is 0 Å². The zero-order valence-electron chi connectivity index (χ0n) is 8.54. The Hall–Kier alpha value is -1.03. The Bertz CT molecular complexity index is 495. The number of nitrogens with one attached hydrogen (secondary N) is 1. The lowest BCUT2D eigenvalue weighted by Crippen LogP contribution is -2.24. The van der Waals surface area contributed by atoms with E-state index in [1.165, 1.54) is 0 Å². The number of hydrogen-bond donors (Lipinski definition) is 2. The molecule has 0 radical (unpaired) electrons. The molecule has 0 fully saturated rings. The molecule has 0 aliphatic heterocycles. The normalized spacial score (nSPS) is 14.8. The second kappa shape index (κ2) is 4.09. The quantitative estimate of drug-likeness (QED) is 0.868. The summed E-state index contributed by atoms with van der Waals surface area (Å²) in [7, 11) is 0. The Labute approximate surface area is 103 Å². The van der Waals surface area contributed by atoms with E-state index < -0.39 is 5.60 Å². The lowest BCUT2D eigenvalue weighted by atomic mass is 9.95. The van der Waals surface area contributed by atoms with E-state index in [1.807, 2.05) is 0 Å². The van der Waals surface area contributed by atoms with Crippen molar-refractivity contribution in [2.75, 3.05) is 0 Å². The van der Waals surface area contributed by atoms with Gasteiger partial charge in [-0.2, -0.15) is 0 Å². The van der Waals surface area contributed by atoms with Gasteiger partial charge >= 0.3 is 0 Å². The first-order valence-corrected chi connectivity index (χ1v) is 5.45. The van der Waals surface area contributed by atoms with Crippen molar-refractivity contribution in [3.63, 3.8) is 0 Å². The lowest BCUT2D eigenvalue weighted by Gasteiger charge is -2.21. The molecular weight excluding hydrogens is 247 g/mol. The Morgan fingerprint density at radius 3 is 2.62 bits per heavy atom. The standard InChI is InChI=1S/C11H10Cl2N2O/c1-11(16,10-14-4-5-15-10)7-2-3-8(12)9(13)6-7/h2-6,16H,1H3,(H,14,15). The van der Waals surface area contributed by atoms with Crippen LogP contribution >= 0.6 is 23.2 Å². The van der Waals surface area contributed by atoms with Gasteiger partial charge in [-0.15, -0.1) is 0 Å². The average Bonchev–Trinajstić information content (AvgIpc) is 2.75. The molecule has 0 amide bonds. The van der Waals surface area contributed by atoms with Crippen LogP contribution in [0.3, 0.4) is 0 Å². The van der Waals surface area contributed by atoms with Crippen molar-refractivity contribution in [2.45, 2.75) is 12.5 Å². The zero-order chi connectivity index (χ0) is 11.8. The molecule has 0 saturated heterocycles. The number of hydrogen-bond acceptors (Lipinski definition) is 2. The Kier molecular flexibility index (Phi) is 2.93. The van der Waals surface area contributed by atoms with E-state index in [2.05, 4.69) is 9.97 Å². The highest BCUT2D eigenvalue weighted by Crippen LogP contribution is 2.31. The van der Waals surface area contributed by atoms with E-state index in [0.29, 0.717) is 21.4 Å². The summed E-state index contributed by atoms with van der Waals surface area (Å²) in [5.74, 6) is 0.464. The van der Waals surface area contributed by atoms with Gasteiger partial charge in [0, 0.05) is 12.4 Å². The summed E-state index contributed by atoms with van der Waals surface area (Å²) in [4.78, 5) is 6.91. The van der Waals surface area contributed by atoms with Gasteiger partial charge in [-0.05, 0) is 24.6 Å². The van der Waals surface area contributed by atoms with Crippen LogP contribution in [0.15, 0.2) is 30.6 Å². The summed E-state index contributed by atoms with van der Waals surface area (Å²) in [6.07, 6.45) is 3.24. The summed E-state index contributed by atoms with van der Waals surface area (Å²) in [6.45, 7) is 1.64. The summed E-state index contributed by atoms with van der Waals surface area (Å²) in [5, 5.41) is 11.2.